The molecule has 0 atom stereocenters. The predicted molar refractivity (Wildman–Crippen MR) is 53.6 cm³/mol. The Hall–Kier alpha value is -0.480. The molecule has 0 aliphatic carbocycles. The lowest BCUT2D eigenvalue weighted by Crippen LogP contribution is -2.26. The lowest BCUT2D eigenvalue weighted by Gasteiger charge is -2.15. The van der Waals surface area contributed by atoms with E-state index in [9.17, 15) is 0 Å². The Morgan fingerprint density at radius 3 is 2.92 bits per heavy atom. The molecular weight excluding hydrogens is 220 g/mol. The van der Waals surface area contributed by atoms with Crippen molar-refractivity contribution in [1.82, 2.24) is 5.32 Å². The SMILES string of the molecule is CNCCN(C)c1occc1Br. The van der Waals surface area contributed by atoms with E-state index in [1.54, 1.807) is 6.26 Å². The van der Waals surface area contributed by atoms with Crippen LogP contribution in [0.3, 0.4) is 0 Å². The van der Waals surface area contributed by atoms with Crippen LogP contribution in [0, 0.1) is 0 Å². The molecule has 1 rings (SSSR count). The zero-order chi connectivity index (χ0) is 8.97. The van der Waals surface area contributed by atoms with Crippen molar-refractivity contribution >= 4 is 21.8 Å². The summed E-state index contributed by atoms with van der Waals surface area (Å²) in [6.45, 7) is 1.88. The van der Waals surface area contributed by atoms with Crippen molar-refractivity contribution in [3.63, 3.8) is 0 Å². The van der Waals surface area contributed by atoms with Gasteiger partial charge in [0.2, 0.25) is 5.88 Å². The second-order valence-corrected chi connectivity index (χ2v) is 3.45. The maximum atomic E-state index is 5.27. The van der Waals surface area contributed by atoms with E-state index < -0.39 is 0 Å². The second-order valence-electron chi connectivity index (χ2n) is 2.60. The third-order valence-electron chi connectivity index (χ3n) is 1.64. The van der Waals surface area contributed by atoms with E-state index in [1.165, 1.54) is 0 Å². The smallest absolute Gasteiger partial charge is 0.209 e. The zero-order valence-corrected chi connectivity index (χ0v) is 8.89. The summed E-state index contributed by atoms with van der Waals surface area (Å²) < 4.78 is 6.28. The topological polar surface area (TPSA) is 28.4 Å². The first kappa shape index (κ1) is 9.61. The molecule has 68 valence electrons. The minimum Gasteiger partial charge on any atom is -0.448 e. The monoisotopic (exact) mass is 232 g/mol. The van der Waals surface area contributed by atoms with Gasteiger partial charge >= 0.3 is 0 Å². The minimum absolute atomic E-state index is 0.880. The summed E-state index contributed by atoms with van der Waals surface area (Å²) >= 11 is 3.40. The van der Waals surface area contributed by atoms with Gasteiger partial charge in [0.25, 0.3) is 0 Å². The van der Waals surface area contributed by atoms with E-state index in [-0.39, 0.29) is 0 Å². The van der Waals surface area contributed by atoms with Gasteiger partial charge in [0, 0.05) is 20.1 Å². The Morgan fingerprint density at radius 1 is 1.67 bits per heavy atom. The van der Waals surface area contributed by atoms with Gasteiger partial charge in [0.1, 0.15) is 0 Å². The van der Waals surface area contributed by atoms with Crippen LogP contribution < -0.4 is 10.2 Å². The first-order chi connectivity index (χ1) is 5.75. The maximum absolute atomic E-state index is 5.27. The summed E-state index contributed by atoms with van der Waals surface area (Å²) in [6.07, 6.45) is 1.68. The average Bonchev–Trinajstić information content (AvgIpc) is 2.47. The van der Waals surface area contributed by atoms with Crippen LogP contribution in [0.15, 0.2) is 21.2 Å². The van der Waals surface area contributed by atoms with Crippen LogP contribution in [-0.2, 0) is 0 Å². The van der Waals surface area contributed by atoms with E-state index in [2.05, 4.69) is 26.1 Å². The van der Waals surface area contributed by atoms with Crippen molar-refractivity contribution in [2.75, 3.05) is 32.1 Å². The van der Waals surface area contributed by atoms with Gasteiger partial charge in [-0.15, -0.1) is 0 Å². The van der Waals surface area contributed by atoms with Crippen LogP contribution in [0.25, 0.3) is 0 Å². The highest BCUT2D eigenvalue weighted by atomic mass is 79.9. The van der Waals surface area contributed by atoms with Crippen LogP contribution in [-0.4, -0.2) is 27.2 Å². The van der Waals surface area contributed by atoms with Crippen LogP contribution >= 0.6 is 15.9 Å². The Bertz CT molecular complexity index is 237. The number of nitrogens with zero attached hydrogens (tertiary/aromatic N) is 1. The minimum atomic E-state index is 0.880. The van der Waals surface area contributed by atoms with Crippen LogP contribution in [0.1, 0.15) is 0 Å². The van der Waals surface area contributed by atoms with Gasteiger partial charge in [-0.1, -0.05) is 0 Å². The molecule has 1 heterocycles. The number of anilines is 1. The van der Waals surface area contributed by atoms with Crippen molar-refractivity contribution in [3.05, 3.63) is 16.8 Å². The fraction of sp³-hybridized carbons (Fsp3) is 0.500. The zero-order valence-electron chi connectivity index (χ0n) is 7.30. The molecule has 0 fully saturated rings. The number of hydrogen-bond acceptors (Lipinski definition) is 3. The number of halogens is 1. The molecule has 0 spiro atoms. The van der Waals surface area contributed by atoms with Gasteiger partial charge in [0.05, 0.1) is 10.7 Å². The summed E-state index contributed by atoms with van der Waals surface area (Å²) in [5, 5.41) is 3.08. The Labute approximate surface area is 80.9 Å². The van der Waals surface area contributed by atoms with Gasteiger partial charge in [-0.25, -0.2) is 0 Å². The van der Waals surface area contributed by atoms with Crippen LogP contribution in [0.2, 0.25) is 0 Å². The van der Waals surface area contributed by atoms with Gasteiger partial charge in [-0.2, -0.15) is 0 Å². The molecule has 0 amide bonds. The molecule has 12 heavy (non-hydrogen) atoms. The van der Waals surface area contributed by atoms with Crippen LogP contribution in [0.5, 0.6) is 0 Å². The molecule has 0 bridgehead atoms. The van der Waals surface area contributed by atoms with E-state index >= 15 is 0 Å². The molecule has 0 radical (unpaired) electrons. The summed E-state index contributed by atoms with van der Waals surface area (Å²) in [6, 6.07) is 1.89. The first-order valence-electron chi connectivity index (χ1n) is 3.84. The quantitative estimate of drug-likeness (QED) is 0.857. The average molecular weight is 233 g/mol. The molecule has 1 aromatic rings. The molecule has 0 unspecified atom stereocenters. The first-order valence-corrected chi connectivity index (χ1v) is 4.63. The highest BCUT2D eigenvalue weighted by Crippen LogP contribution is 2.25. The third kappa shape index (κ3) is 2.25. The highest BCUT2D eigenvalue weighted by molar-refractivity contribution is 9.10. The van der Waals surface area contributed by atoms with Crippen molar-refractivity contribution in [1.29, 1.82) is 0 Å². The van der Waals surface area contributed by atoms with Crippen molar-refractivity contribution < 1.29 is 4.42 Å². The van der Waals surface area contributed by atoms with Crippen molar-refractivity contribution in [2.45, 2.75) is 0 Å². The number of furan rings is 1. The predicted octanol–water partition coefficient (Wildman–Crippen LogP) is 1.70. The third-order valence-corrected chi connectivity index (χ3v) is 2.25. The van der Waals surface area contributed by atoms with E-state index in [0.29, 0.717) is 0 Å². The van der Waals surface area contributed by atoms with Gasteiger partial charge in [0.15, 0.2) is 0 Å². The van der Waals surface area contributed by atoms with Gasteiger partial charge in [-0.3, -0.25) is 0 Å². The van der Waals surface area contributed by atoms with E-state index in [0.717, 1.165) is 23.4 Å². The molecular formula is C8H13BrN2O. The lowest BCUT2D eigenvalue weighted by molar-refractivity contribution is 0.551. The van der Waals surface area contributed by atoms with E-state index in [4.69, 9.17) is 4.42 Å². The highest BCUT2D eigenvalue weighted by Gasteiger charge is 2.07. The van der Waals surface area contributed by atoms with E-state index in [1.807, 2.05) is 20.2 Å². The largest absolute Gasteiger partial charge is 0.448 e. The van der Waals surface area contributed by atoms with Crippen molar-refractivity contribution in [2.24, 2.45) is 0 Å². The molecule has 0 aliphatic rings. The number of rotatable bonds is 4. The fourth-order valence-corrected chi connectivity index (χ4v) is 1.44. The molecule has 4 heteroatoms. The lowest BCUT2D eigenvalue weighted by atomic mass is 10.5. The molecule has 1 N–H and O–H groups in total. The van der Waals surface area contributed by atoms with Crippen molar-refractivity contribution in [3.8, 4) is 0 Å². The molecule has 0 saturated heterocycles. The molecule has 0 aromatic carbocycles. The Balaban J connectivity index is 2.52. The standard InChI is InChI=1S/C8H13BrN2O/c1-10-4-5-11(2)8-7(9)3-6-12-8/h3,6,10H,4-5H2,1-2H3. The Kier molecular flexibility index (Phi) is 3.62. The summed E-state index contributed by atoms with van der Waals surface area (Å²) in [5.74, 6) is 0.880. The summed E-state index contributed by atoms with van der Waals surface area (Å²) in [5.41, 5.74) is 0. The Morgan fingerprint density at radius 2 is 2.42 bits per heavy atom. The second kappa shape index (κ2) is 4.52. The fourth-order valence-electron chi connectivity index (χ4n) is 0.939. The number of hydrogen-bond donors (Lipinski definition) is 1. The number of likely N-dealkylation sites (N-methyl/N-ethyl adjacent to an activating group) is 2. The van der Waals surface area contributed by atoms with Gasteiger partial charge < -0.3 is 14.6 Å². The molecule has 0 saturated carbocycles. The number of nitrogens with one attached hydrogen (secondary N) is 1. The summed E-state index contributed by atoms with van der Waals surface area (Å²) in [4.78, 5) is 2.06. The molecule has 0 aliphatic heterocycles. The molecule has 1 aromatic heterocycles. The maximum Gasteiger partial charge on any atom is 0.209 e. The molecule has 3 nitrogen and oxygen atoms in total. The van der Waals surface area contributed by atoms with Gasteiger partial charge in [-0.05, 0) is 29.0 Å². The normalized spacial score (nSPS) is 10.2. The van der Waals surface area contributed by atoms with Crippen LogP contribution in [0.4, 0.5) is 5.88 Å². The summed E-state index contributed by atoms with van der Waals surface area (Å²) in [7, 11) is 3.94.